The molecule has 0 amide bonds. The third kappa shape index (κ3) is 451. The Bertz CT molecular complexity index is 97.2. The molecule has 0 fully saturated rings. The van der Waals surface area contributed by atoms with E-state index < -0.39 is 0 Å². The van der Waals surface area contributed by atoms with Crippen LogP contribution in [0, 0.1) is 0 Å². The summed E-state index contributed by atoms with van der Waals surface area (Å²) in [6.45, 7) is 0. The molecule has 0 atom stereocenters. The van der Waals surface area contributed by atoms with Gasteiger partial charge in [0, 0.05) is 0 Å². The Hall–Kier alpha value is 0.620. The van der Waals surface area contributed by atoms with E-state index in [0.717, 1.165) is 0 Å². The molecule has 23 heavy (non-hydrogen) atoms. The van der Waals surface area contributed by atoms with Gasteiger partial charge in [0.1, 0.15) is 0 Å². The van der Waals surface area contributed by atoms with Gasteiger partial charge < -0.3 is 60.2 Å². The molecule has 0 unspecified atom stereocenters. The second-order valence-electron chi connectivity index (χ2n) is 0.657. The van der Waals surface area contributed by atoms with Crippen molar-refractivity contribution in [2.24, 2.45) is 0 Å². The largest absolute Gasteiger partial charge is 2.00 e. The van der Waals surface area contributed by atoms with Crippen molar-refractivity contribution in [1.29, 1.82) is 0 Å². The molecular formula is H20B4Na2O17. The Labute approximate surface area is 176 Å². The van der Waals surface area contributed by atoms with Crippen LogP contribution in [0.4, 0.5) is 0 Å². The molecule has 0 saturated carbocycles. The first-order valence-corrected chi connectivity index (χ1v) is 1.89. The van der Waals surface area contributed by atoms with Gasteiger partial charge in [-0.2, -0.15) is 0 Å². The normalized spacial score (nSPS) is 1.74. The van der Waals surface area contributed by atoms with Crippen LogP contribution >= 0.6 is 0 Å². The van der Waals surface area contributed by atoms with Crippen LogP contribution in [0.2, 0.25) is 0 Å². The van der Waals surface area contributed by atoms with Crippen molar-refractivity contribution in [2.45, 2.75) is 0 Å². The van der Waals surface area contributed by atoms with Crippen molar-refractivity contribution < 1.29 is 147 Å². The van der Waals surface area contributed by atoms with Gasteiger partial charge in [-0.3, -0.25) is 0 Å². The summed E-state index contributed by atoms with van der Waals surface area (Å²) in [5.74, 6) is 0. The van der Waals surface area contributed by atoms with Crippen molar-refractivity contribution in [1.82, 2.24) is 0 Å². The van der Waals surface area contributed by atoms with E-state index in [1.165, 1.54) is 0 Å². The Balaban J connectivity index is -0.00000000274. The SMILES string of the molecule is O.O.O.O.O.O.O.O.O.O.O=BOB=O.O=BOB=O.[Na+].[Na+].[O-2]. The standard InChI is InChI=1S/2B2O3.2Na.10H2O.O/c2*3-1-5-2-4;;;;;;;;;;;;;/h;;;;10*1H2;/q;;2*+1;;;;;;;;;;;-2. The zero-order valence-electron chi connectivity index (χ0n) is 12.2. The maximum absolute atomic E-state index is 8.95. The summed E-state index contributed by atoms with van der Waals surface area (Å²) < 4.78 is 42.8. The molecule has 0 heterocycles. The van der Waals surface area contributed by atoms with Crippen molar-refractivity contribution in [3.05, 3.63) is 0 Å². The van der Waals surface area contributed by atoms with Gasteiger partial charge in [0.15, 0.2) is 0 Å². The molecule has 136 valence electrons. The molecule has 0 aromatic carbocycles. The first-order valence-electron chi connectivity index (χ1n) is 1.89. The number of hydrogen-bond donors (Lipinski definition) is 0. The fourth-order valence-corrected chi connectivity index (χ4v) is 0.0454. The van der Waals surface area contributed by atoms with E-state index in [9.17, 15) is 0 Å². The van der Waals surface area contributed by atoms with Gasteiger partial charge in [-0.1, -0.05) is 0 Å². The number of hydrogen-bond acceptors (Lipinski definition) is 6. The molecule has 0 aromatic heterocycles. The van der Waals surface area contributed by atoms with Crippen LogP contribution in [0.15, 0.2) is 0 Å². The maximum atomic E-state index is 8.95. The third-order valence-corrected chi connectivity index (χ3v) is 0.222. The molecule has 0 spiro atoms. The molecular weight excluding hydrogens is 361 g/mol. The third-order valence-electron chi connectivity index (χ3n) is 0.222. The molecule has 23 heteroatoms. The van der Waals surface area contributed by atoms with Gasteiger partial charge in [0.25, 0.3) is 0 Å². The summed E-state index contributed by atoms with van der Waals surface area (Å²) in [4.78, 5) is 0. The van der Waals surface area contributed by atoms with Crippen LogP contribution in [0.25, 0.3) is 0 Å². The Morgan fingerprint density at radius 1 is 0.391 bits per heavy atom. The van der Waals surface area contributed by atoms with Crippen molar-refractivity contribution in [3.8, 4) is 0 Å². The second-order valence-corrected chi connectivity index (χ2v) is 0.657. The fraction of sp³-hybridized carbons (Fsp3) is 0. The van der Waals surface area contributed by atoms with Gasteiger partial charge in [-0.05, 0) is 0 Å². The summed E-state index contributed by atoms with van der Waals surface area (Å²) >= 11 is 0. The summed E-state index contributed by atoms with van der Waals surface area (Å²) in [6, 6.07) is 0. The molecule has 0 rings (SSSR count). The summed E-state index contributed by atoms with van der Waals surface area (Å²) in [6.07, 6.45) is 0. The van der Waals surface area contributed by atoms with E-state index in [1.807, 2.05) is 0 Å². The molecule has 0 bridgehead atoms. The van der Waals surface area contributed by atoms with Crippen LogP contribution in [0.1, 0.15) is 0 Å². The molecule has 0 aromatic rings. The van der Waals surface area contributed by atoms with Gasteiger partial charge in [0.05, 0.1) is 0 Å². The minimum absolute atomic E-state index is 0. The minimum atomic E-state index is 0. The summed E-state index contributed by atoms with van der Waals surface area (Å²) in [5.41, 5.74) is 0. The van der Waals surface area contributed by atoms with Gasteiger partial charge in [0.2, 0.25) is 0 Å². The van der Waals surface area contributed by atoms with E-state index in [-0.39, 0.29) is 149 Å². The first-order chi connectivity index (χ1) is 4.83. The van der Waals surface area contributed by atoms with Crippen molar-refractivity contribution in [2.75, 3.05) is 0 Å². The van der Waals surface area contributed by atoms with Gasteiger partial charge in [-0.25, -0.2) is 0 Å². The quantitative estimate of drug-likeness (QED) is 0.424. The Morgan fingerprint density at radius 2 is 0.478 bits per heavy atom. The number of rotatable bonds is 4. The zero-order valence-corrected chi connectivity index (χ0v) is 16.2. The minimum Gasteiger partial charge on any atom is -2.00 e. The van der Waals surface area contributed by atoms with E-state index in [2.05, 4.69) is 9.14 Å². The molecule has 0 saturated heterocycles. The van der Waals surface area contributed by atoms with E-state index in [1.54, 1.807) is 0 Å². The van der Waals surface area contributed by atoms with Crippen molar-refractivity contribution in [3.63, 3.8) is 0 Å². The van der Waals surface area contributed by atoms with Crippen LogP contribution in [0.5, 0.6) is 0 Å². The smallest absolute Gasteiger partial charge is 1.00 e. The molecule has 0 aliphatic heterocycles. The first kappa shape index (κ1) is 163. The summed E-state index contributed by atoms with van der Waals surface area (Å²) in [5, 5.41) is 0. The van der Waals surface area contributed by atoms with Crippen LogP contribution in [0.3, 0.4) is 0 Å². The van der Waals surface area contributed by atoms with Gasteiger partial charge in [-0.15, -0.1) is 0 Å². The topological polar surface area (TPSA) is 430 Å². The monoisotopic (exact) mass is 382 g/mol. The van der Waals surface area contributed by atoms with Crippen molar-refractivity contribution >= 4 is 29.4 Å². The average molecular weight is 381 g/mol. The van der Waals surface area contributed by atoms with Crippen LogP contribution in [-0.4, -0.2) is 84.2 Å². The maximum Gasteiger partial charge on any atom is 1.00 e. The predicted molar refractivity (Wildman–Crippen MR) is 64.8 cm³/mol. The van der Waals surface area contributed by atoms with E-state index >= 15 is 0 Å². The zero-order chi connectivity index (χ0) is 8.24. The van der Waals surface area contributed by atoms with Crippen LogP contribution in [-0.2, 0) is 33.4 Å². The summed E-state index contributed by atoms with van der Waals surface area (Å²) in [7, 11) is 0.250. The molecule has 0 radical (unpaired) electrons. The molecule has 0 aliphatic carbocycles. The Morgan fingerprint density at radius 3 is 0.478 bits per heavy atom. The molecule has 17 nitrogen and oxygen atoms in total. The van der Waals surface area contributed by atoms with Crippen LogP contribution < -0.4 is 59.1 Å². The molecule has 20 N–H and O–H groups in total. The predicted octanol–water partition coefficient (Wildman–Crippen LogP) is -16.5. The second kappa shape index (κ2) is 241. The molecule has 0 aliphatic rings. The van der Waals surface area contributed by atoms with E-state index in [4.69, 9.17) is 18.8 Å². The fourth-order valence-electron chi connectivity index (χ4n) is 0.0454. The van der Waals surface area contributed by atoms with Gasteiger partial charge >= 0.3 is 116 Å². The van der Waals surface area contributed by atoms with E-state index in [0.29, 0.717) is 0 Å². The Kier molecular flexibility index (Phi) is 1710. The average Bonchev–Trinajstić information content (AvgIpc) is 1.93.